The van der Waals surface area contributed by atoms with E-state index in [0.717, 1.165) is 16.8 Å². The molecule has 0 aliphatic carbocycles. The molecule has 1 N–H and O–H groups in total. The van der Waals surface area contributed by atoms with Crippen molar-refractivity contribution in [3.05, 3.63) is 64.7 Å². The molecule has 0 heterocycles. The highest BCUT2D eigenvalue weighted by Crippen LogP contribution is 2.11. The Morgan fingerprint density at radius 2 is 1.95 bits per heavy atom. The molecule has 0 radical (unpaired) electrons. The molecule has 104 valence electrons. The number of benzene rings is 2. The number of amides is 1. The summed E-state index contributed by atoms with van der Waals surface area (Å²) in [5.74, 6) is -0.162. The van der Waals surface area contributed by atoms with E-state index in [9.17, 15) is 4.79 Å². The van der Waals surface area contributed by atoms with Crippen LogP contribution in [-0.4, -0.2) is 12.5 Å². The predicted octanol–water partition coefficient (Wildman–Crippen LogP) is 3.80. The number of hydrogen-bond acceptors (Lipinski definition) is 2. The van der Waals surface area contributed by atoms with E-state index in [1.807, 2.05) is 43.3 Å². The summed E-state index contributed by atoms with van der Waals surface area (Å²) in [7, 11) is 0. The topological polar surface area (TPSA) is 38.3 Å². The fraction of sp³-hybridized carbons (Fsp3) is 0.188. The second kappa shape index (κ2) is 7.08. The van der Waals surface area contributed by atoms with Crippen molar-refractivity contribution in [1.82, 2.24) is 0 Å². The molecule has 0 unspecified atom stereocenters. The molecule has 1 amide bonds. The molecule has 0 bridgehead atoms. The van der Waals surface area contributed by atoms with Crippen LogP contribution in [0.15, 0.2) is 48.5 Å². The monoisotopic (exact) mass is 289 g/mol. The lowest BCUT2D eigenvalue weighted by atomic mass is 10.2. The van der Waals surface area contributed by atoms with Gasteiger partial charge in [-0.3, -0.25) is 4.79 Å². The zero-order chi connectivity index (χ0) is 14.4. The average molecular weight is 290 g/mol. The lowest BCUT2D eigenvalue weighted by molar-refractivity contribution is -0.121. The van der Waals surface area contributed by atoms with Crippen molar-refractivity contribution in [1.29, 1.82) is 0 Å². The van der Waals surface area contributed by atoms with E-state index in [0.29, 0.717) is 11.6 Å². The first kappa shape index (κ1) is 14.6. The van der Waals surface area contributed by atoms with Crippen LogP contribution in [0.25, 0.3) is 0 Å². The van der Waals surface area contributed by atoms with Crippen LogP contribution in [0.3, 0.4) is 0 Å². The maximum absolute atomic E-state index is 11.7. The zero-order valence-electron chi connectivity index (χ0n) is 11.2. The van der Waals surface area contributed by atoms with Crippen LogP contribution >= 0.6 is 11.6 Å². The molecule has 0 aliphatic rings. The molecule has 0 fully saturated rings. The summed E-state index contributed by atoms with van der Waals surface area (Å²) < 4.78 is 5.37. The summed E-state index contributed by atoms with van der Waals surface area (Å²) >= 11 is 5.79. The lowest BCUT2D eigenvalue weighted by Crippen LogP contribution is -2.18. The van der Waals surface area contributed by atoms with E-state index in [1.54, 1.807) is 12.1 Å². The summed E-state index contributed by atoms with van der Waals surface area (Å²) in [6.07, 6.45) is 0. The third-order valence-electron chi connectivity index (χ3n) is 2.72. The number of carbonyl (C=O) groups is 1. The van der Waals surface area contributed by atoms with Gasteiger partial charge in [0, 0.05) is 10.7 Å². The van der Waals surface area contributed by atoms with Crippen LogP contribution in [0.2, 0.25) is 5.02 Å². The lowest BCUT2D eigenvalue weighted by Gasteiger charge is -2.07. The number of anilines is 1. The molecule has 0 aromatic heterocycles. The normalized spacial score (nSPS) is 10.3. The second-order valence-corrected chi connectivity index (χ2v) is 4.97. The van der Waals surface area contributed by atoms with Gasteiger partial charge in [0.25, 0.3) is 0 Å². The minimum absolute atomic E-state index is 0.0244. The highest BCUT2D eigenvalue weighted by Gasteiger charge is 2.03. The molecular formula is C16H16ClNO2. The van der Waals surface area contributed by atoms with Gasteiger partial charge < -0.3 is 10.1 Å². The molecule has 2 aromatic carbocycles. The summed E-state index contributed by atoms with van der Waals surface area (Å²) in [5.41, 5.74) is 2.87. The number of carbonyl (C=O) groups excluding carboxylic acids is 1. The Hall–Kier alpha value is -1.84. The summed E-state index contributed by atoms with van der Waals surface area (Å²) in [6, 6.07) is 15.0. The third-order valence-corrected chi connectivity index (χ3v) is 2.97. The van der Waals surface area contributed by atoms with Gasteiger partial charge in [-0.05, 0) is 42.3 Å². The predicted molar refractivity (Wildman–Crippen MR) is 80.9 cm³/mol. The Morgan fingerprint density at radius 3 is 2.65 bits per heavy atom. The zero-order valence-corrected chi connectivity index (χ0v) is 12.0. The SMILES string of the molecule is Cc1cccc(NC(=O)COCc2ccc(Cl)cc2)c1. The van der Waals surface area contributed by atoms with Crippen molar-refractivity contribution in [2.75, 3.05) is 11.9 Å². The van der Waals surface area contributed by atoms with Gasteiger partial charge in [0.15, 0.2) is 0 Å². The van der Waals surface area contributed by atoms with E-state index in [-0.39, 0.29) is 12.5 Å². The number of ether oxygens (including phenoxy) is 1. The number of rotatable bonds is 5. The Balaban J connectivity index is 1.76. The molecule has 0 saturated heterocycles. The maximum atomic E-state index is 11.7. The molecule has 2 rings (SSSR count). The average Bonchev–Trinajstić information content (AvgIpc) is 2.41. The van der Waals surface area contributed by atoms with Gasteiger partial charge in [-0.2, -0.15) is 0 Å². The molecule has 0 saturated carbocycles. The van der Waals surface area contributed by atoms with Gasteiger partial charge in [0.2, 0.25) is 5.91 Å². The molecule has 0 spiro atoms. The van der Waals surface area contributed by atoms with Crippen molar-refractivity contribution in [2.24, 2.45) is 0 Å². The molecular weight excluding hydrogens is 274 g/mol. The van der Waals surface area contributed by atoms with E-state index >= 15 is 0 Å². The van der Waals surface area contributed by atoms with Gasteiger partial charge in [-0.1, -0.05) is 35.9 Å². The smallest absolute Gasteiger partial charge is 0.250 e. The first-order valence-electron chi connectivity index (χ1n) is 6.32. The van der Waals surface area contributed by atoms with Crippen LogP contribution in [0, 0.1) is 6.92 Å². The standard InChI is InChI=1S/C16H16ClNO2/c1-12-3-2-4-15(9-12)18-16(19)11-20-10-13-5-7-14(17)8-6-13/h2-9H,10-11H2,1H3,(H,18,19). The van der Waals surface area contributed by atoms with Crippen molar-refractivity contribution in [3.63, 3.8) is 0 Å². The van der Waals surface area contributed by atoms with Crippen molar-refractivity contribution >= 4 is 23.2 Å². The first-order valence-corrected chi connectivity index (χ1v) is 6.70. The fourth-order valence-corrected chi connectivity index (χ4v) is 1.89. The number of aryl methyl sites for hydroxylation is 1. The van der Waals surface area contributed by atoms with Gasteiger partial charge in [0.05, 0.1) is 6.61 Å². The summed E-state index contributed by atoms with van der Waals surface area (Å²) in [4.78, 5) is 11.7. The molecule has 0 aliphatic heterocycles. The molecule has 3 nitrogen and oxygen atoms in total. The van der Waals surface area contributed by atoms with Crippen molar-refractivity contribution in [2.45, 2.75) is 13.5 Å². The molecule has 4 heteroatoms. The van der Waals surface area contributed by atoms with E-state index in [2.05, 4.69) is 5.32 Å². The minimum Gasteiger partial charge on any atom is -0.367 e. The largest absolute Gasteiger partial charge is 0.367 e. The first-order chi connectivity index (χ1) is 9.63. The highest BCUT2D eigenvalue weighted by molar-refractivity contribution is 6.30. The fourth-order valence-electron chi connectivity index (χ4n) is 1.76. The molecule has 20 heavy (non-hydrogen) atoms. The minimum atomic E-state index is -0.162. The Morgan fingerprint density at radius 1 is 1.20 bits per heavy atom. The number of hydrogen-bond donors (Lipinski definition) is 1. The van der Waals surface area contributed by atoms with E-state index in [4.69, 9.17) is 16.3 Å². The van der Waals surface area contributed by atoms with Gasteiger partial charge >= 0.3 is 0 Å². The van der Waals surface area contributed by atoms with E-state index in [1.165, 1.54) is 0 Å². The Bertz CT molecular complexity index is 581. The second-order valence-electron chi connectivity index (χ2n) is 4.54. The van der Waals surface area contributed by atoms with Crippen LogP contribution in [0.4, 0.5) is 5.69 Å². The summed E-state index contributed by atoms with van der Waals surface area (Å²) in [5, 5.41) is 3.48. The number of halogens is 1. The van der Waals surface area contributed by atoms with Crippen LogP contribution in [0.1, 0.15) is 11.1 Å². The Labute approximate surface area is 123 Å². The van der Waals surface area contributed by atoms with E-state index < -0.39 is 0 Å². The quantitative estimate of drug-likeness (QED) is 0.909. The van der Waals surface area contributed by atoms with Crippen LogP contribution in [0.5, 0.6) is 0 Å². The summed E-state index contributed by atoms with van der Waals surface area (Å²) in [6.45, 7) is 2.39. The van der Waals surface area contributed by atoms with Gasteiger partial charge in [0.1, 0.15) is 6.61 Å². The number of nitrogens with one attached hydrogen (secondary N) is 1. The molecule has 2 aromatic rings. The van der Waals surface area contributed by atoms with Gasteiger partial charge in [-0.25, -0.2) is 0 Å². The maximum Gasteiger partial charge on any atom is 0.250 e. The Kier molecular flexibility index (Phi) is 5.16. The van der Waals surface area contributed by atoms with Crippen LogP contribution in [-0.2, 0) is 16.1 Å². The van der Waals surface area contributed by atoms with Crippen LogP contribution < -0.4 is 5.32 Å². The van der Waals surface area contributed by atoms with Crippen molar-refractivity contribution < 1.29 is 9.53 Å². The molecule has 0 atom stereocenters. The third kappa shape index (κ3) is 4.68. The highest BCUT2D eigenvalue weighted by atomic mass is 35.5. The van der Waals surface area contributed by atoms with Crippen molar-refractivity contribution in [3.8, 4) is 0 Å². The van der Waals surface area contributed by atoms with Gasteiger partial charge in [-0.15, -0.1) is 0 Å².